The molecule has 3 rings (SSSR count). The van der Waals surface area contributed by atoms with E-state index in [1.807, 2.05) is 0 Å². The molecule has 1 N–H and O–H groups in total. The normalized spacial score (nSPS) is 20.2. The highest BCUT2D eigenvalue weighted by atomic mass is 16.3. The van der Waals surface area contributed by atoms with E-state index in [2.05, 4.69) is 40.7 Å². The van der Waals surface area contributed by atoms with Gasteiger partial charge in [-0.25, -0.2) is 4.98 Å². The van der Waals surface area contributed by atoms with Crippen molar-refractivity contribution < 1.29 is 5.11 Å². The van der Waals surface area contributed by atoms with Crippen LogP contribution in [-0.2, 0) is 13.1 Å². The number of benzene rings is 1. The number of aliphatic hydroxyl groups excluding tert-OH is 1. The van der Waals surface area contributed by atoms with Gasteiger partial charge in [-0.05, 0) is 43.9 Å². The summed E-state index contributed by atoms with van der Waals surface area (Å²) in [5, 5.41) is 9.38. The van der Waals surface area contributed by atoms with E-state index in [1.165, 1.54) is 11.9 Å². The summed E-state index contributed by atoms with van der Waals surface area (Å²) in [5.41, 5.74) is 2.33. The molecule has 114 valence electrons. The van der Waals surface area contributed by atoms with Crippen molar-refractivity contribution in [3.05, 3.63) is 30.1 Å². The quantitative estimate of drug-likeness (QED) is 0.919. The van der Waals surface area contributed by atoms with E-state index in [4.69, 9.17) is 4.98 Å². The van der Waals surface area contributed by atoms with Crippen molar-refractivity contribution in [2.75, 3.05) is 19.7 Å². The van der Waals surface area contributed by atoms with Crippen molar-refractivity contribution in [1.82, 2.24) is 14.5 Å². The summed E-state index contributed by atoms with van der Waals surface area (Å²) in [7, 11) is 0. The minimum Gasteiger partial charge on any atom is -0.396 e. The summed E-state index contributed by atoms with van der Waals surface area (Å²) >= 11 is 0. The van der Waals surface area contributed by atoms with Crippen molar-refractivity contribution in [3.63, 3.8) is 0 Å². The van der Waals surface area contributed by atoms with Crippen molar-refractivity contribution in [2.24, 2.45) is 5.92 Å². The van der Waals surface area contributed by atoms with Crippen LogP contribution in [0.15, 0.2) is 24.3 Å². The number of aliphatic hydroxyl groups is 1. The van der Waals surface area contributed by atoms with Gasteiger partial charge in [-0.2, -0.15) is 0 Å². The number of piperidine rings is 1. The Hall–Kier alpha value is -1.39. The van der Waals surface area contributed by atoms with E-state index in [1.54, 1.807) is 0 Å². The van der Waals surface area contributed by atoms with Gasteiger partial charge in [0.05, 0.1) is 17.6 Å². The van der Waals surface area contributed by atoms with Gasteiger partial charge < -0.3 is 9.67 Å². The smallest absolute Gasteiger partial charge is 0.124 e. The van der Waals surface area contributed by atoms with Gasteiger partial charge in [0.2, 0.25) is 0 Å². The number of rotatable bonds is 5. The Bertz CT molecular complexity index is 593. The maximum Gasteiger partial charge on any atom is 0.124 e. The fourth-order valence-corrected chi connectivity index (χ4v) is 3.36. The van der Waals surface area contributed by atoms with E-state index in [0.717, 1.165) is 50.4 Å². The number of imidazole rings is 1. The number of para-hydroxylation sites is 2. The van der Waals surface area contributed by atoms with Crippen molar-refractivity contribution in [3.8, 4) is 0 Å². The van der Waals surface area contributed by atoms with Crippen LogP contribution in [0.1, 0.15) is 32.0 Å². The Balaban J connectivity index is 1.84. The molecule has 1 aliphatic heterocycles. The minimum absolute atomic E-state index is 0.307. The number of hydrogen-bond acceptors (Lipinski definition) is 3. The first-order chi connectivity index (χ1) is 10.3. The molecular weight excluding hydrogens is 262 g/mol. The second kappa shape index (κ2) is 6.58. The number of hydrogen-bond donors (Lipinski definition) is 1. The highest BCUT2D eigenvalue weighted by Crippen LogP contribution is 2.21. The lowest BCUT2D eigenvalue weighted by atomic mass is 9.99. The number of aryl methyl sites for hydroxylation is 1. The standard InChI is InChI=1S/C17H25N3O/c1-2-9-20-16-8-4-3-7-15(16)18-17(20)12-19-10-5-6-14(11-19)13-21/h3-4,7-8,14,21H,2,5-6,9-13H2,1H3. The average molecular weight is 287 g/mol. The molecule has 0 aliphatic carbocycles. The topological polar surface area (TPSA) is 41.3 Å². The fourth-order valence-electron chi connectivity index (χ4n) is 3.36. The third kappa shape index (κ3) is 3.11. The van der Waals surface area contributed by atoms with Crippen LogP contribution in [0.3, 0.4) is 0 Å². The van der Waals surface area contributed by atoms with E-state index in [-0.39, 0.29) is 0 Å². The summed E-state index contributed by atoms with van der Waals surface area (Å²) in [4.78, 5) is 7.28. The maximum absolute atomic E-state index is 9.38. The Morgan fingerprint density at radius 3 is 3.00 bits per heavy atom. The maximum atomic E-state index is 9.38. The molecule has 1 unspecified atom stereocenters. The highest BCUT2D eigenvalue weighted by molar-refractivity contribution is 5.75. The van der Waals surface area contributed by atoms with Crippen molar-refractivity contribution >= 4 is 11.0 Å². The zero-order valence-electron chi connectivity index (χ0n) is 12.8. The molecule has 0 amide bonds. The third-order valence-corrected chi connectivity index (χ3v) is 4.41. The van der Waals surface area contributed by atoms with Crippen LogP contribution in [0.4, 0.5) is 0 Å². The van der Waals surface area contributed by atoms with Gasteiger partial charge in [-0.15, -0.1) is 0 Å². The molecular formula is C17H25N3O. The summed E-state index contributed by atoms with van der Waals surface area (Å²) in [6, 6.07) is 8.40. The van der Waals surface area contributed by atoms with Crippen molar-refractivity contribution in [1.29, 1.82) is 0 Å². The van der Waals surface area contributed by atoms with Crippen LogP contribution in [0, 0.1) is 5.92 Å². The largest absolute Gasteiger partial charge is 0.396 e. The van der Waals surface area contributed by atoms with Crippen LogP contribution >= 0.6 is 0 Å². The number of aromatic nitrogens is 2. The molecule has 1 aromatic carbocycles. The Labute approximate surface area is 126 Å². The lowest BCUT2D eigenvalue weighted by molar-refractivity contribution is 0.113. The summed E-state index contributed by atoms with van der Waals surface area (Å²) in [6.07, 6.45) is 3.45. The summed E-state index contributed by atoms with van der Waals surface area (Å²) < 4.78 is 2.36. The molecule has 1 aromatic heterocycles. The SMILES string of the molecule is CCCn1c(CN2CCCC(CO)C2)nc2ccccc21. The molecule has 0 spiro atoms. The highest BCUT2D eigenvalue weighted by Gasteiger charge is 2.21. The molecule has 4 nitrogen and oxygen atoms in total. The molecule has 1 fully saturated rings. The zero-order chi connectivity index (χ0) is 14.7. The number of likely N-dealkylation sites (tertiary alicyclic amines) is 1. The Kier molecular flexibility index (Phi) is 4.56. The Morgan fingerprint density at radius 1 is 1.33 bits per heavy atom. The molecule has 4 heteroatoms. The molecule has 1 aliphatic rings. The first kappa shape index (κ1) is 14.5. The van der Waals surface area contributed by atoms with Crippen LogP contribution in [-0.4, -0.2) is 39.3 Å². The van der Waals surface area contributed by atoms with Gasteiger partial charge in [-0.1, -0.05) is 19.1 Å². The molecule has 0 bridgehead atoms. The predicted octanol–water partition coefficient (Wildman–Crippen LogP) is 2.65. The van der Waals surface area contributed by atoms with Crippen LogP contribution < -0.4 is 0 Å². The van der Waals surface area contributed by atoms with Crippen LogP contribution in [0.5, 0.6) is 0 Å². The molecule has 2 heterocycles. The van der Waals surface area contributed by atoms with Gasteiger partial charge in [0, 0.05) is 19.7 Å². The molecule has 0 saturated carbocycles. The van der Waals surface area contributed by atoms with Crippen LogP contribution in [0.25, 0.3) is 11.0 Å². The molecule has 1 saturated heterocycles. The van der Waals surface area contributed by atoms with E-state index in [0.29, 0.717) is 12.5 Å². The zero-order valence-corrected chi connectivity index (χ0v) is 12.8. The molecule has 1 atom stereocenters. The number of nitrogens with zero attached hydrogens (tertiary/aromatic N) is 3. The van der Waals surface area contributed by atoms with E-state index in [9.17, 15) is 5.11 Å². The average Bonchev–Trinajstić information content (AvgIpc) is 2.86. The first-order valence-electron chi connectivity index (χ1n) is 8.09. The number of fused-ring (bicyclic) bond motifs is 1. The third-order valence-electron chi connectivity index (χ3n) is 4.41. The Morgan fingerprint density at radius 2 is 2.19 bits per heavy atom. The lowest BCUT2D eigenvalue weighted by Crippen LogP contribution is -2.37. The monoisotopic (exact) mass is 287 g/mol. The molecule has 21 heavy (non-hydrogen) atoms. The second-order valence-electron chi connectivity index (χ2n) is 6.09. The van der Waals surface area contributed by atoms with Gasteiger partial charge in [-0.3, -0.25) is 4.90 Å². The minimum atomic E-state index is 0.307. The predicted molar refractivity (Wildman–Crippen MR) is 85.1 cm³/mol. The van der Waals surface area contributed by atoms with Gasteiger partial charge in [0.15, 0.2) is 0 Å². The van der Waals surface area contributed by atoms with Gasteiger partial charge in [0.1, 0.15) is 5.82 Å². The molecule has 0 radical (unpaired) electrons. The van der Waals surface area contributed by atoms with Crippen molar-refractivity contribution in [2.45, 2.75) is 39.3 Å². The first-order valence-corrected chi connectivity index (χ1v) is 8.09. The summed E-state index contributed by atoms with van der Waals surface area (Å²) in [6.45, 7) is 6.54. The fraction of sp³-hybridized carbons (Fsp3) is 0.588. The van der Waals surface area contributed by atoms with Crippen LogP contribution in [0.2, 0.25) is 0 Å². The second-order valence-corrected chi connectivity index (χ2v) is 6.09. The lowest BCUT2D eigenvalue weighted by Gasteiger charge is -2.31. The van der Waals surface area contributed by atoms with E-state index >= 15 is 0 Å². The summed E-state index contributed by atoms with van der Waals surface area (Å²) in [5.74, 6) is 1.60. The molecule has 2 aromatic rings. The van der Waals surface area contributed by atoms with Gasteiger partial charge in [0.25, 0.3) is 0 Å². The van der Waals surface area contributed by atoms with E-state index < -0.39 is 0 Å². The van der Waals surface area contributed by atoms with Gasteiger partial charge >= 0.3 is 0 Å².